The zero-order chi connectivity index (χ0) is 14.4. The average Bonchev–Trinajstić information content (AvgIpc) is 3.13. The number of aliphatic hydroxyl groups is 1. The third-order valence-electron chi connectivity index (χ3n) is 3.23. The Morgan fingerprint density at radius 3 is 2.32 bits per heavy atom. The Bertz CT molecular complexity index is 316. The second kappa shape index (κ2) is 7.33. The number of carbonyl (C=O) groups excluding carboxylic acids is 1. The van der Waals surface area contributed by atoms with Crippen LogP contribution in [0.25, 0.3) is 0 Å². The molecule has 6 heteroatoms. The van der Waals surface area contributed by atoms with E-state index in [1.807, 2.05) is 13.8 Å². The third kappa shape index (κ3) is 5.06. The van der Waals surface area contributed by atoms with Crippen LogP contribution in [0.15, 0.2) is 0 Å². The Morgan fingerprint density at radius 1 is 1.26 bits per heavy atom. The van der Waals surface area contributed by atoms with Crippen LogP contribution in [-0.2, 0) is 4.79 Å². The fourth-order valence-electron chi connectivity index (χ4n) is 2.02. The Hall–Kier alpha value is -1.30. The van der Waals surface area contributed by atoms with Crippen LogP contribution in [0.1, 0.15) is 39.5 Å². The Labute approximate surface area is 114 Å². The van der Waals surface area contributed by atoms with Gasteiger partial charge < -0.3 is 20.0 Å². The van der Waals surface area contributed by atoms with Crippen LogP contribution in [0, 0.1) is 0 Å². The second-order valence-corrected chi connectivity index (χ2v) is 5.22. The van der Waals surface area contributed by atoms with Crippen LogP contribution < -0.4 is 0 Å². The first kappa shape index (κ1) is 15.8. The predicted octanol–water partition coefficient (Wildman–Crippen LogP) is 1.14. The maximum atomic E-state index is 12.5. The van der Waals surface area contributed by atoms with Gasteiger partial charge in [-0.05, 0) is 33.1 Å². The van der Waals surface area contributed by atoms with Crippen molar-refractivity contribution in [2.45, 2.75) is 51.6 Å². The summed E-state index contributed by atoms with van der Waals surface area (Å²) in [4.78, 5) is 26.5. The summed E-state index contributed by atoms with van der Waals surface area (Å²) in [5, 5.41) is 17.6. The number of hydrogen-bond donors (Lipinski definition) is 2. The van der Waals surface area contributed by atoms with Gasteiger partial charge in [0.2, 0.25) is 0 Å². The molecular weight excluding hydrogens is 248 g/mol. The lowest BCUT2D eigenvalue weighted by Gasteiger charge is -2.33. The topological polar surface area (TPSA) is 81.1 Å². The number of amides is 2. The van der Waals surface area contributed by atoms with Crippen LogP contribution in [0.2, 0.25) is 0 Å². The monoisotopic (exact) mass is 272 g/mol. The van der Waals surface area contributed by atoms with Gasteiger partial charge in [0.15, 0.2) is 0 Å². The van der Waals surface area contributed by atoms with E-state index in [0.717, 1.165) is 12.8 Å². The molecule has 110 valence electrons. The Kier molecular flexibility index (Phi) is 6.08. The minimum absolute atomic E-state index is 0.0197. The van der Waals surface area contributed by atoms with Crippen molar-refractivity contribution in [1.82, 2.24) is 9.80 Å². The van der Waals surface area contributed by atoms with Gasteiger partial charge in [-0.25, -0.2) is 4.79 Å². The first-order valence-corrected chi connectivity index (χ1v) is 6.87. The van der Waals surface area contributed by atoms with Crippen molar-refractivity contribution in [3.05, 3.63) is 0 Å². The van der Waals surface area contributed by atoms with Crippen LogP contribution in [-0.4, -0.2) is 63.8 Å². The number of urea groups is 1. The summed E-state index contributed by atoms with van der Waals surface area (Å²) in [5.41, 5.74) is 0. The molecule has 0 aromatic heterocycles. The second-order valence-electron chi connectivity index (χ2n) is 5.22. The molecule has 0 aromatic carbocycles. The summed E-state index contributed by atoms with van der Waals surface area (Å²) < 4.78 is 0. The third-order valence-corrected chi connectivity index (χ3v) is 3.23. The molecule has 0 spiro atoms. The van der Waals surface area contributed by atoms with Crippen molar-refractivity contribution in [2.24, 2.45) is 0 Å². The van der Waals surface area contributed by atoms with E-state index in [-0.39, 0.29) is 37.7 Å². The van der Waals surface area contributed by atoms with Crippen LogP contribution >= 0.6 is 0 Å². The molecule has 0 radical (unpaired) electrons. The summed E-state index contributed by atoms with van der Waals surface area (Å²) in [6.45, 7) is 4.68. The van der Waals surface area contributed by atoms with Gasteiger partial charge in [-0.15, -0.1) is 0 Å². The van der Waals surface area contributed by atoms with E-state index >= 15 is 0 Å². The zero-order valence-electron chi connectivity index (χ0n) is 11.7. The normalized spacial score (nSPS) is 14.5. The first-order valence-electron chi connectivity index (χ1n) is 6.87. The maximum absolute atomic E-state index is 12.5. The van der Waals surface area contributed by atoms with E-state index in [1.54, 1.807) is 9.80 Å². The minimum atomic E-state index is -0.884. The Morgan fingerprint density at radius 2 is 1.89 bits per heavy atom. The number of hydrogen-bond acceptors (Lipinski definition) is 3. The molecule has 0 bridgehead atoms. The van der Waals surface area contributed by atoms with E-state index in [2.05, 4.69) is 0 Å². The smallest absolute Gasteiger partial charge is 0.320 e. The number of rotatable bonds is 8. The van der Waals surface area contributed by atoms with Gasteiger partial charge in [0.1, 0.15) is 0 Å². The molecule has 0 aliphatic heterocycles. The molecular formula is C13H24N2O4. The van der Waals surface area contributed by atoms with E-state index < -0.39 is 5.97 Å². The maximum Gasteiger partial charge on any atom is 0.320 e. The van der Waals surface area contributed by atoms with Crippen molar-refractivity contribution < 1.29 is 19.8 Å². The van der Waals surface area contributed by atoms with E-state index in [4.69, 9.17) is 10.2 Å². The van der Waals surface area contributed by atoms with E-state index in [0.29, 0.717) is 13.0 Å². The highest BCUT2D eigenvalue weighted by Crippen LogP contribution is 2.28. The van der Waals surface area contributed by atoms with E-state index in [1.165, 1.54) is 0 Å². The summed E-state index contributed by atoms with van der Waals surface area (Å²) in [5.74, 6) is -0.884. The van der Waals surface area contributed by atoms with Gasteiger partial charge in [-0.1, -0.05) is 0 Å². The zero-order valence-corrected chi connectivity index (χ0v) is 11.7. The first-order chi connectivity index (χ1) is 8.97. The molecule has 1 saturated carbocycles. The van der Waals surface area contributed by atoms with Crippen LogP contribution in [0.5, 0.6) is 0 Å². The molecule has 2 N–H and O–H groups in total. The Balaban J connectivity index is 2.63. The lowest BCUT2D eigenvalue weighted by molar-refractivity contribution is -0.137. The van der Waals surface area contributed by atoms with Crippen molar-refractivity contribution >= 4 is 12.0 Å². The highest BCUT2D eigenvalue weighted by atomic mass is 16.4. The fourth-order valence-corrected chi connectivity index (χ4v) is 2.02. The van der Waals surface area contributed by atoms with Crippen molar-refractivity contribution in [3.63, 3.8) is 0 Å². The summed E-state index contributed by atoms with van der Waals surface area (Å²) in [6, 6.07) is 0.138. The molecule has 0 heterocycles. The predicted molar refractivity (Wildman–Crippen MR) is 70.9 cm³/mol. The summed E-state index contributed by atoms with van der Waals surface area (Å²) >= 11 is 0. The van der Waals surface area contributed by atoms with Crippen LogP contribution in [0.4, 0.5) is 4.79 Å². The van der Waals surface area contributed by atoms with Gasteiger partial charge in [0.05, 0.1) is 6.42 Å². The highest BCUT2D eigenvalue weighted by molar-refractivity contribution is 5.76. The molecule has 0 unspecified atom stereocenters. The standard InChI is InChI=1S/C13H24N2O4/c1-10(2)14(7-3-9-16)13(19)15(11-4-5-11)8-6-12(17)18/h10-11,16H,3-9H2,1-2H3,(H,17,18). The molecule has 0 saturated heterocycles. The largest absolute Gasteiger partial charge is 0.481 e. The number of aliphatic carboxylic acids is 1. The van der Waals surface area contributed by atoms with Gasteiger partial charge >= 0.3 is 12.0 Å². The molecule has 1 aliphatic rings. The number of nitrogens with zero attached hydrogens (tertiary/aromatic N) is 2. The summed E-state index contributed by atoms with van der Waals surface area (Å²) in [6.07, 6.45) is 2.43. The molecule has 1 rings (SSSR count). The van der Waals surface area contributed by atoms with Crippen LogP contribution in [0.3, 0.4) is 0 Å². The van der Waals surface area contributed by atoms with Gasteiger partial charge in [0.25, 0.3) is 0 Å². The molecule has 1 aliphatic carbocycles. The summed E-state index contributed by atoms with van der Waals surface area (Å²) in [7, 11) is 0. The molecule has 0 atom stereocenters. The quantitative estimate of drug-likeness (QED) is 0.694. The van der Waals surface area contributed by atoms with Gasteiger partial charge in [-0.3, -0.25) is 4.79 Å². The molecule has 0 aromatic rings. The number of carboxylic acid groups (broad SMARTS) is 1. The number of carboxylic acids is 1. The fraction of sp³-hybridized carbons (Fsp3) is 0.846. The number of aliphatic hydroxyl groups excluding tert-OH is 1. The van der Waals surface area contributed by atoms with Crippen molar-refractivity contribution in [3.8, 4) is 0 Å². The van der Waals surface area contributed by atoms with Crippen molar-refractivity contribution in [1.29, 1.82) is 0 Å². The molecule has 2 amide bonds. The molecule has 6 nitrogen and oxygen atoms in total. The highest BCUT2D eigenvalue weighted by Gasteiger charge is 2.35. The van der Waals surface area contributed by atoms with Gasteiger partial charge in [-0.2, -0.15) is 0 Å². The SMILES string of the molecule is CC(C)N(CCCO)C(=O)N(CCC(=O)O)C1CC1. The molecule has 19 heavy (non-hydrogen) atoms. The minimum Gasteiger partial charge on any atom is -0.481 e. The molecule has 1 fully saturated rings. The van der Waals surface area contributed by atoms with Gasteiger partial charge in [0, 0.05) is 31.8 Å². The van der Waals surface area contributed by atoms with Crippen molar-refractivity contribution in [2.75, 3.05) is 19.7 Å². The number of carbonyl (C=O) groups is 2. The average molecular weight is 272 g/mol. The lowest BCUT2D eigenvalue weighted by atomic mass is 10.3. The van der Waals surface area contributed by atoms with E-state index in [9.17, 15) is 9.59 Å². The lowest BCUT2D eigenvalue weighted by Crippen LogP contribution is -2.48.